The number of benzene rings is 1. The molecule has 0 radical (unpaired) electrons. The highest BCUT2D eigenvalue weighted by Gasteiger charge is 2.47. The molecule has 1 fully saturated rings. The molecule has 182 valence electrons. The third-order valence-corrected chi connectivity index (χ3v) is 6.20. The van der Waals surface area contributed by atoms with Crippen LogP contribution in [0.25, 0.3) is 16.4 Å². The first kappa shape index (κ1) is 23.0. The van der Waals surface area contributed by atoms with Gasteiger partial charge in [0.05, 0.1) is 5.71 Å². The summed E-state index contributed by atoms with van der Waals surface area (Å²) in [6, 6.07) is 7.42. The van der Waals surface area contributed by atoms with E-state index in [0.717, 1.165) is 10.8 Å². The number of hydrogen-bond acceptors (Lipinski definition) is 8. The van der Waals surface area contributed by atoms with Crippen molar-refractivity contribution in [2.24, 2.45) is 16.8 Å². The second kappa shape index (κ2) is 9.14. The number of ether oxygens (including phenoxy) is 2. The van der Waals surface area contributed by atoms with Crippen molar-refractivity contribution in [3.63, 3.8) is 0 Å². The number of aliphatic imine (C=N–C) groups is 1. The van der Waals surface area contributed by atoms with Crippen LogP contribution in [0.2, 0.25) is 0 Å². The Morgan fingerprint density at radius 1 is 1.26 bits per heavy atom. The second-order valence-corrected chi connectivity index (χ2v) is 8.76. The summed E-state index contributed by atoms with van der Waals surface area (Å²) >= 11 is 0. The maximum Gasteiger partial charge on any atom is 0.248 e. The van der Waals surface area contributed by atoms with Crippen LogP contribution in [-0.2, 0) is 4.74 Å². The number of methoxy groups -OCH3 is 1. The van der Waals surface area contributed by atoms with E-state index in [1.54, 1.807) is 0 Å². The molecule has 5 rings (SSSR count). The zero-order chi connectivity index (χ0) is 24.6. The smallest absolute Gasteiger partial charge is 0.248 e. The van der Waals surface area contributed by atoms with Crippen LogP contribution in [0.5, 0.6) is 5.88 Å². The van der Waals surface area contributed by atoms with Crippen LogP contribution in [0.4, 0.5) is 8.78 Å². The van der Waals surface area contributed by atoms with Crippen molar-refractivity contribution in [1.29, 1.82) is 5.41 Å². The van der Waals surface area contributed by atoms with Gasteiger partial charge in [0, 0.05) is 43.3 Å². The van der Waals surface area contributed by atoms with Crippen molar-refractivity contribution in [2.75, 3.05) is 26.9 Å². The molecule has 2 aliphatic rings. The highest BCUT2D eigenvalue weighted by atomic mass is 19.3. The van der Waals surface area contributed by atoms with Crippen LogP contribution >= 0.6 is 0 Å². The standard InChI is InChI=1S/C24H24F2N6O3/c1-34-13-17(33)8-20(27)22-30-29-21-18-4-2-3-5-19(18)23(31-32(21)22)35-12-16-7-6-14(11-28-16)15-9-24(25,26)10-15/h2-8,14-15,27,33H,9-13H2,1H3/b17-8-,27-20?. The van der Waals surface area contributed by atoms with Crippen LogP contribution < -0.4 is 4.74 Å². The number of fused-ring (bicyclic) bond motifs is 3. The summed E-state index contributed by atoms with van der Waals surface area (Å²) in [6.45, 7) is 0.576. The lowest BCUT2D eigenvalue weighted by molar-refractivity contribution is -0.120. The summed E-state index contributed by atoms with van der Waals surface area (Å²) in [5.41, 5.74) is 1.05. The molecule has 35 heavy (non-hydrogen) atoms. The molecule has 0 spiro atoms. The van der Waals surface area contributed by atoms with E-state index >= 15 is 0 Å². The molecule has 0 amide bonds. The van der Waals surface area contributed by atoms with E-state index in [1.165, 1.54) is 17.7 Å². The number of dihydropyridines is 1. The number of aromatic nitrogens is 4. The zero-order valence-corrected chi connectivity index (χ0v) is 19.0. The molecule has 9 nitrogen and oxygen atoms in total. The number of alkyl halides is 2. The van der Waals surface area contributed by atoms with Crippen molar-refractivity contribution in [3.05, 3.63) is 54.1 Å². The Hall–Kier alpha value is -3.73. The Bertz CT molecular complexity index is 1370. The zero-order valence-electron chi connectivity index (χ0n) is 19.0. The number of nitrogens with one attached hydrogen (secondary N) is 1. The lowest BCUT2D eigenvalue weighted by Gasteiger charge is -2.39. The molecule has 0 bridgehead atoms. The Kier molecular flexibility index (Phi) is 6.01. The van der Waals surface area contributed by atoms with Gasteiger partial charge in [0.15, 0.2) is 5.65 Å². The van der Waals surface area contributed by atoms with Gasteiger partial charge in [0.25, 0.3) is 0 Å². The van der Waals surface area contributed by atoms with E-state index in [9.17, 15) is 13.9 Å². The van der Waals surface area contributed by atoms with Crippen molar-refractivity contribution in [3.8, 4) is 5.88 Å². The third-order valence-electron chi connectivity index (χ3n) is 6.20. The number of allylic oxidation sites excluding steroid dienone is 1. The minimum absolute atomic E-state index is 0.0275. The molecule has 2 N–H and O–H groups in total. The molecule has 0 saturated heterocycles. The second-order valence-electron chi connectivity index (χ2n) is 8.76. The van der Waals surface area contributed by atoms with Gasteiger partial charge in [-0.2, -0.15) is 4.52 Å². The number of rotatable bonds is 8. The van der Waals surface area contributed by atoms with Gasteiger partial charge in [-0.1, -0.05) is 24.3 Å². The number of hydrogen-bond donors (Lipinski definition) is 2. The fraction of sp³-hybridized carbons (Fsp3) is 0.375. The highest BCUT2D eigenvalue weighted by Crippen LogP contribution is 2.46. The highest BCUT2D eigenvalue weighted by molar-refractivity contribution is 6.06. The number of nitrogens with zero attached hydrogens (tertiary/aromatic N) is 5. The van der Waals surface area contributed by atoms with Gasteiger partial charge in [-0.25, -0.2) is 8.78 Å². The summed E-state index contributed by atoms with van der Waals surface area (Å²) in [4.78, 5) is 4.52. The van der Waals surface area contributed by atoms with Gasteiger partial charge in [0.2, 0.25) is 17.6 Å². The molecule has 3 heterocycles. The van der Waals surface area contributed by atoms with Crippen LogP contribution in [0.1, 0.15) is 18.7 Å². The number of aliphatic hydroxyl groups excluding tert-OH is 1. The first-order valence-corrected chi connectivity index (χ1v) is 11.2. The molecule has 1 unspecified atom stereocenters. The summed E-state index contributed by atoms with van der Waals surface area (Å²) < 4.78 is 38.7. The number of aliphatic hydroxyl groups is 1. The average Bonchev–Trinajstić information content (AvgIpc) is 3.26. The van der Waals surface area contributed by atoms with E-state index in [2.05, 4.69) is 20.3 Å². The molecule has 1 aliphatic carbocycles. The average molecular weight is 482 g/mol. The third kappa shape index (κ3) is 4.63. The van der Waals surface area contributed by atoms with Gasteiger partial charge < -0.3 is 14.6 Å². The van der Waals surface area contributed by atoms with Crippen LogP contribution in [0, 0.1) is 17.2 Å². The quantitative estimate of drug-likeness (QED) is 0.373. The van der Waals surface area contributed by atoms with Crippen LogP contribution in [-0.4, -0.2) is 69.1 Å². The van der Waals surface area contributed by atoms with Crippen molar-refractivity contribution < 1.29 is 23.4 Å². The minimum Gasteiger partial charge on any atom is -0.510 e. The molecule has 1 atom stereocenters. The first-order valence-electron chi connectivity index (χ1n) is 11.2. The van der Waals surface area contributed by atoms with Gasteiger partial charge in [-0.15, -0.1) is 15.3 Å². The molecule has 1 aromatic carbocycles. The van der Waals surface area contributed by atoms with E-state index in [4.69, 9.17) is 14.9 Å². The summed E-state index contributed by atoms with van der Waals surface area (Å²) in [5, 5.41) is 32.4. The largest absolute Gasteiger partial charge is 0.510 e. The molecular weight excluding hydrogens is 458 g/mol. The van der Waals surface area contributed by atoms with E-state index in [0.29, 0.717) is 23.8 Å². The summed E-state index contributed by atoms with van der Waals surface area (Å²) in [7, 11) is 1.44. The van der Waals surface area contributed by atoms with Gasteiger partial charge in [-0.3, -0.25) is 10.4 Å². The van der Waals surface area contributed by atoms with Gasteiger partial charge in [0.1, 0.15) is 24.7 Å². The Morgan fingerprint density at radius 2 is 2.03 bits per heavy atom. The van der Waals surface area contributed by atoms with Crippen molar-refractivity contribution >= 4 is 27.8 Å². The Balaban J connectivity index is 1.38. The van der Waals surface area contributed by atoms with Crippen molar-refractivity contribution in [2.45, 2.75) is 18.8 Å². The monoisotopic (exact) mass is 482 g/mol. The lowest BCUT2D eigenvalue weighted by Crippen LogP contribution is -2.40. The van der Waals surface area contributed by atoms with Gasteiger partial charge in [-0.05, 0) is 24.0 Å². The first-order chi connectivity index (χ1) is 16.8. The Morgan fingerprint density at radius 3 is 2.71 bits per heavy atom. The number of halogens is 2. The lowest BCUT2D eigenvalue weighted by atomic mass is 9.72. The van der Waals surface area contributed by atoms with Crippen LogP contribution in [0.3, 0.4) is 0 Å². The SMILES string of the molecule is COC/C(O)=C/C(=N)c1nnc2c3ccccc3c(OCC3=NCC(C4CC(F)(F)C4)C=C3)nn12. The summed E-state index contributed by atoms with van der Waals surface area (Å²) in [6.07, 6.45) is 4.85. The maximum absolute atomic E-state index is 13.2. The topological polar surface area (TPSA) is 118 Å². The minimum atomic E-state index is -2.54. The molecule has 11 heteroatoms. The van der Waals surface area contributed by atoms with E-state index in [-0.39, 0.29) is 55.2 Å². The predicted molar refractivity (Wildman–Crippen MR) is 126 cm³/mol. The van der Waals surface area contributed by atoms with E-state index in [1.807, 2.05) is 36.4 Å². The molecular formula is C24H24F2N6O3. The maximum atomic E-state index is 13.2. The predicted octanol–water partition coefficient (Wildman–Crippen LogP) is 3.78. The molecule has 2 aromatic heterocycles. The molecule has 3 aromatic rings. The fourth-order valence-corrected chi connectivity index (χ4v) is 4.37. The van der Waals surface area contributed by atoms with Crippen molar-refractivity contribution in [1.82, 2.24) is 19.8 Å². The molecule has 1 saturated carbocycles. The summed E-state index contributed by atoms with van der Waals surface area (Å²) in [5.74, 6) is -2.22. The normalized spacial score (nSPS) is 20.1. The van der Waals surface area contributed by atoms with E-state index < -0.39 is 5.92 Å². The Labute approximate surface area is 199 Å². The van der Waals surface area contributed by atoms with Gasteiger partial charge >= 0.3 is 0 Å². The molecule has 1 aliphatic heterocycles. The van der Waals surface area contributed by atoms with Crippen LogP contribution in [0.15, 0.2) is 53.2 Å². The fourth-order valence-electron chi connectivity index (χ4n) is 4.37.